The van der Waals surface area contributed by atoms with Crippen molar-refractivity contribution in [3.63, 3.8) is 0 Å². The molecule has 1 fully saturated rings. The van der Waals surface area contributed by atoms with Gasteiger partial charge in [-0.1, -0.05) is 37.5 Å². The number of alkyl halides is 2. The highest BCUT2D eigenvalue weighted by molar-refractivity contribution is 5.98. The molecule has 0 N–H and O–H groups in total. The number of amides is 1. The number of hydrogen-bond acceptors (Lipinski definition) is 3. The van der Waals surface area contributed by atoms with Gasteiger partial charge in [-0.15, -0.1) is 0 Å². The van der Waals surface area contributed by atoms with Crippen LogP contribution in [0.5, 0.6) is 0 Å². The monoisotopic (exact) mass is 311 g/mol. The molecule has 1 aromatic rings. The Balaban J connectivity index is 1.79. The second-order valence-electron chi connectivity index (χ2n) is 5.65. The van der Waals surface area contributed by atoms with E-state index in [1.165, 1.54) is 6.42 Å². The van der Waals surface area contributed by atoms with Gasteiger partial charge in [-0.05, 0) is 18.9 Å². The van der Waals surface area contributed by atoms with Crippen LogP contribution in [0.25, 0.3) is 0 Å². The first-order chi connectivity index (χ1) is 10.7. The molecule has 0 saturated heterocycles. The van der Waals surface area contributed by atoms with Gasteiger partial charge in [-0.3, -0.25) is 9.63 Å². The van der Waals surface area contributed by atoms with E-state index < -0.39 is 25.2 Å². The molecule has 120 valence electrons. The molecular weight excluding hydrogens is 292 g/mol. The van der Waals surface area contributed by atoms with Gasteiger partial charge in [-0.25, -0.2) is 8.78 Å². The van der Waals surface area contributed by atoms with Crippen molar-refractivity contribution in [3.05, 3.63) is 35.4 Å². The summed E-state index contributed by atoms with van der Waals surface area (Å²) in [5.41, 5.74) is 1.14. The van der Waals surface area contributed by atoms with E-state index in [2.05, 4.69) is 0 Å². The Morgan fingerprint density at radius 3 is 2.64 bits per heavy atom. The zero-order valence-corrected chi connectivity index (χ0v) is 12.2. The Labute approximate surface area is 128 Å². The van der Waals surface area contributed by atoms with Gasteiger partial charge in [0, 0.05) is 11.1 Å². The number of ether oxygens (including phenoxy) is 1. The highest BCUT2D eigenvalue weighted by Gasteiger charge is 2.40. The van der Waals surface area contributed by atoms with Crippen molar-refractivity contribution in [2.75, 3.05) is 6.61 Å². The van der Waals surface area contributed by atoms with Gasteiger partial charge in [-0.2, -0.15) is 5.06 Å². The van der Waals surface area contributed by atoms with Gasteiger partial charge in [0.15, 0.2) is 6.23 Å². The second kappa shape index (κ2) is 6.71. The molecule has 22 heavy (non-hydrogen) atoms. The first-order valence-corrected chi connectivity index (χ1v) is 7.66. The number of fused-ring (bicyclic) bond motifs is 1. The van der Waals surface area contributed by atoms with E-state index in [-0.39, 0.29) is 6.10 Å². The smallest absolute Gasteiger partial charge is 0.280 e. The zero-order chi connectivity index (χ0) is 15.5. The largest absolute Gasteiger partial charge is 0.348 e. The van der Waals surface area contributed by atoms with Crippen LogP contribution in [0.15, 0.2) is 24.3 Å². The van der Waals surface area contributed by atoms with Crippen molar-refractivity contribution in [1.29, 1.82) is 0 Å². The van der Waals surface area contributed by atoms with Crippen LogP contribution in [-0.2, 0) is 9.57 Å². The molecule has 1 saturated carbocycles. The summed E-state index contributed by atoms with van der Waals surface area (Å²) in [7, 11) is 0. The maximum absolute atomic E-state index is 12.4. The first kappa shape index (κ1) is 15.4. The summed E-state index contributed by atoms with van der Waals surface area (Å²) in [6, 6.07) is 7.00. The minimum atomic E-state index is -2.63. The highest BCUT2D eigenvalue weighted by atomic mass is 19.3. The fourth-order valence-electron chi connectivity index (χ4n) is 3.03. The number of rotatable bonds is 5. The van der Waals surface area contributed by atoms with Crippen LogP contribution in [0.3, 0.4) is 0 Å². The quantitative estimate of drug-likeness (QED) is 0.832. The molecule has 1 heterocycles. The van der Waals surface area contributed by atoms with Crippen molar-refractivity contribution in [3.8, 4) is 0 Å². The van der Waals surface area contributed by atoms with Crippen LogP contribution in [0.2, 0.25) is 0 Å². The number of carbonyl (C=O) groups excluding carboxylic acids is 1. The fraction of sp³-hybridized carbons (Fsp3) is 0.562. The molecule has 1 aliphatic heterocycles. The Bertz CT molecular complexity index is 532. The molecular formula is C16H19F2NO3. The lowest BCUT2D eigenvalue weighted by Crippen LogP contribution is -2.34. The summed E-state index contributed by atoms with van der Waals surface area (Å²) in [6.45, 7) is -0.815. The van der Waals surface area contributed by atoms with Crippen LogP contribution < -0.4 is 0 Å². The molecule has 0 bridgehead atoms. The summed E-state index contributed by atoms with van der Waals surface area (Å²) < 4.78 is 30.9. The number of hydrogen-bond donors (Lipinski definition) is 0. The standard InChI is InChI=1S/C16H19F2NO3/c17-14(18)10-21-19-15(20)12-8-4-5-9-13(12)16(19)22-11-6-2-1-3-7-11/h4-5,8-9,11,14,16H,1-3,6-7,10H2. The Kier molecular flexibility index (Phi) is 4.69. The minimum absolute atomic E-state index is 0.0374. The van der Waals surface area contributed by atoms with Crippen LogP contribution in [0, 0.1) is 0 Å². The predicted molar refractivity (Wildman–Crippen MR) is 75.3 cm³/mol. The van der Waals surface area contributed by atoms with E-state index in [9.17, 15) is 13.6 Å². The highest BCUT2D eigenvalue weighted by Crippen LogP contribution is 2.37. The molecule has 3 rings (SSSR count). The van der Waals surface area contributed by atoms with E-state index in [4.69, 9.17) is 9.57 Å². The Hall–Kier alpha value is -1.53. The predicted octanol–water partition coefficient (Wildman–Crippen LogP) is 3.69. The lowest BCUT2D eigenvalue weighted by molar-refractivity contribution is -0.243. The van der Waals surface area contributed by atoms with Crippen molar-refractivity contribution < 1.29 is 23.1 Å². The van der Waals surface area contributed by atoms with E-state index in [0.29, 0.717) is 11.1 Å². The molecule has 1 aromatic carbocycles. The zero-order valence-electron chi connectivity index (χ0n) is 12.2. The van der Waals surface area contributed by atoms with Crippen molar-refractivity contribution in [2.45, 2.75) is 50.9 Å². The van der Waals surface area contributed by atoms with Gasteiger partial charge >= 0.3 is 0 Å². The molecule has 2 aliphatic rings. The lowest BCUT2D eigenvalue weighted by Gasteiger charge is -2.30. The summed E-state index contributed by atoms with van der Waals surface area (Å²) in [6.07, 6.45) is 1.89. The maximum Gasteiger partial charge on any atom is 0.280 e. The number of hydroxylamine groups is 2. The minimum Gasteiger partial charge on any atom is -0.348 e. The molecule has 6 heteroatoms. The summed E-state index contributed by atoms with van der Waals surface area (Å²) >= 11 is 0. The van der Waals surface area contributed by atoms with E-state index in [1.807, 2.05) is 0 Å². The molecule has 4 nitrogen and oxygen atoms in total. The van der Waals surface area contributed by atoms with Crippen LogP contribution in [0.4, 0.5) is 8.78 Å². The average molecular weight is 311 g/mol. The van der Waals surface area contributed by atoms with Gasteiger partial charge in [0.2, 0.25) is 0 Å². The summed E-state index contributed by atoms with van der Waals surface area (Å²) in [5, 5.41) is 0.964. The van der Waals surface area contributed by atoms with Gasteiger partial charge in [0.1, 0.15) is 6.61 Å². The topological polar surface area (TPSA) is 38.8 Å². The van der Waals surface area contributed by atoms with Crippen molar-refractivity contribution in [1.82, 2.24) is 5.06 Å². The molecule has 0 spiro atoms. The second-order valence-corrected chi connectivity index (χ2v) is 5.65. The molecule has 1 atom stereocenters. The molecule has 1 aliphatic carbocycles. The maximum atomic E-state index is 12.4. The fourth-order valence-corrected chi connectivity index (χ4v) is 3.03. The normalized spacial score (nSPS) is 22.4. The van der Waals surface area contributed by atoms with Crippen molar-refractivity contribution >= 4 is 5.91 Å². The summed E-state index contributed by atoms with van der Waals surface area (Å²) in [4.78, 5) is 17.4. The van der Waals surface area contributed by atoms with E-state index in [0.717, 1.165) is 30.7 Å². The number of nitrogens with zero attached hydrogens (tertiary/aromatic N) is 1. The number of halogens is 2. The molecule has 1 amide bonds. The molecule has 0 radical (unpaired) electrons. The van der Waals surface area contributed by atoms with Crippen LogP contribution in [0.1, 0.15) is 54.3 Å². The van der Waals surface area contributed by atoms with E-state index in [1.54, 1.807) is 24.3 Å². The van der Waals surface area contributed by atoms with Crippen LogP contribution in [-0.4, -0.2) is 30.1 Å². The SMILES string of the molecule is O=C1c2ccccc2C(OC2CCCCC2)N1OCC(F)F. The van der Waals surface area contributed by atoms with Gasteiger partial charge in [0.05, 0.1) is 6.10 Å². The number of benzene rings is 1. The molecule has 1 unspecified atom stereocenters. The lowest BCUT2D eigenvalue weighted by atomic mass is 9.97. The van der Waals surface area contributed by atoms with E-state index >= 15 is 0 Å². The third-order valence-electron chi connectivity index (χ3n) is 4.08. The van der Waals surface area contributed by atoms with Crippen LogP contribution >= 0.6 is 0 Å². The summed E-state index contributed by atoms with van der Waals surface area (Å²) in [5.74, 6) is -0.419. The number of carbonyl (C=O) groups is 1. The van der Waals surface area contributed by atoms with Gasteiger partial charge in [0.25, 0.3) is 12.3 Å². The van der Waals surface area contributed by atoms with Crippen molar-refractivity contribution in [2.24, 2.45) is 0 Å². The first-order valence-electron chi connectivity index (χ1n) is 7.66. The molecule has 0 aromatic heterocycles. The van der Waals surface area contributed by atoms with Gasteiger partial charge < -0.3 is 4.74 Å². The Morgan fingerprint density at radius 1 is 1.18 bits per heavy atom. The average Bonchev–Trinajstić information content (AvgIpc) is 2.79. The third kappa shape index (κ3) is 3.13. The Morgan fingerprint density at radius 2 is 1.91 bits per heavy atom. The third-order valence-corrected chi connectivity index (χ3v) is 4.08.